The Kier molecular flexibility index (Phi) is 4.63. The predicted molar refractivity (Wildman–Crippen MR) is 122 cm³/mol. The van der Waals surface area contributed by atoms with Crippen LogP contribution in [0.4, 0.5) is 10.5 Å². The SMILES string of the molecule is Cc1ccc(N2C(=O)N(C(=O)c3ccccc3Br)[C@@H]3C[C@]2(C)Oc2ccccc23)cc1. The Labute approximate surface area is 189 Å². The summed E-state index contributed by atoms with van der Waals surface area (Å²) >= 11 is 3.46. The van der Waals surface area contributed by atoms with Gasteiger partial charge < -0.3 is 4.74 Å². The molecule has 6 heteroatoms. The second kappa shape index (κ2) is 7.24. The third kappa shape index (κ3) is 3.13. The quantitative estimate of drug-likeness (QED) is 0.450. The van der Waals surface area contributed by atoms with Gasteiger partial charge in [-0.25, -0.2) is 4.79 Å². The fourth-order valence-electron chi connectivity index (χ4n) is 4.48. The van der Waals surface area contributed by atoms with Crippen molar-refractivity contribution in [3.8, 4) is 5.75 Å². The molecule has 0 aliphatic carbocycles. The van der Waals surface area contributed by atoms with Gasteiger partial charge in [-0.2, -0.15) is 0 Å². The molecule has 0 spiro atoms. The third-order valence-electron chi connectivity index (χ3n) is 5.98. The molecular weight excluding hydrogens is 456 g/mol. The second-order valence-corrected chi connectivity index (χ2v) is 9.00. The van der Waals surface area contributed by atoms with Crippen molar-refractivity contribution in [3.63, 3.8) is 0 Å². The summed E-state index contributed by atoms with van der Waals surface area (Å²) in [6.45, 7) is 3.91. The van der Waals surface area contributed by atoms with Crippen molar-refractivity contribution in [1.82, 2.24) is 4.90 Å². The number of hydrogen-bond donors (Lipinski definition) is 0. The molecular formula is C25H21BrN2O3. The number of nitrogens with zero attached hydrogens (tertiary/aromatic N) is 2. The summed E-state index contributed by atoms with van der Waals surface area (Å²) in [6.07, 6.45) is 0.472. The number of halogens is 1. The van der Waals surface area contributed by atoms with Crippen molar-refractivity contribution in [2.75, 3.05) is 4.90 Å². The molecule has 0 saturated carbocycles. The summed E-state index contributed by atoms with van der Waals surface area (Å²) in [5, 5.41) is 0. The fourth-order valence-corrected chi connectivity index (χ4v) is 4.93. The van der Waals surface area contributed by atoms with Crippen LogP contribution in [0.15, 0.2) is 77.3 Å². The van der Waals surface area contributed by atoms with E-state index in [0.717, 1.165) is 11.1 Å². The first kappa shape index (κ1) is 19.8. The summed E-state index contributed by atoms with van der Waals surface area (Å²) in [7, 11) is 0. The Morgan fingerprint density at radius 1 is 1.03 bits per heavy atom. The van der Waals surface area contributed by atoms with Crippen molar-refractivity contribution in [3.05, 3.63) is 94.0 Å². The molecule has 0 N–H and O–H groups in total. The number of aryl methyl sites for hydroxylation is 1. The summed E-state index contributed by atoms with van der Waals surface area (Å²) in [5.74, 6) is 0.356. The Bertz CT molecular complexity index is 1190. The molecule has 156 valence electrons. The standard InChI is InChI=1S/C25H21BrN2O3/c1-16-11-13-17(14-12-16)28-24(30)27(23(29)18-7-3-5-9-20(18)26)21-15-25(28,2)31-22-10-6-4-8-19(21)22/h3-14,21H,15H2,1-2H3/t21-,25+/m1/s1. The number of amides is 3. The molecule has 1 fully saturated rings. The highest BCUT2D eigenvalue weighted by Gasteiger charge is 2.55. The van der Waals surface area contributed by atoms with Crippen LogP contribution in [0.5, 0.6) is 5.75 Å². The van der Waals surface area contributed by atoms with Gasteiger partial charge in [-0.05, 0) is 60.1 Å². The number of benzene rings is 3. The molecule has 5 nitrogen and oxygen atoms in total. The lowest BCUT2D eigenvalue weighted by Gasteiger charge is -2.53. The normalized spacial score (nSPS) is 22.0. The first-order valence-electron chi connectivity index (χ1n) is 10.2. The molecule has 2 aliphatic rings. The smallest absolute Gasteiger partial charge is 0.335 e. The summed E-state index contributed by atoms with van der Waals surface area (Å²) in [4.78, 5) is 30.6. The van der Waals surface area contributed by atoms with Gasteiger partial charge in [-0.3, -0.25) is 14.6 Å². The van der Waals surface area contributed by atoms with Crippen LogP contribution in [-0.2, 0) is 0 Å². The second-order valence-electron chi connectivity index (χ2n) is 8.14. The number of anilines is 1. The molecule has 2 atom stereocenters. The molecule has 0 aromatic heterocycles. The molecule has 3 aromatic carbocycles. The van der Waals surface area contributed by atoms with E-state index in [0.29, 0.717) is 27.9 Å². The van der Waals surface area contributed by atoms with Gasteiger partial charge in [0.05, 0.1) is 11.6 Å². The average molecular weight is 477 g/mol. The maximum absolute atomic E-state index is 13.9. The minimum Gasteiger partial charge on any atom is -0.467 e. The van der Waals surface area contributed by atoms with E-state index in [2.05, 4.69) is 15.9 Å². The van der Waals surface area contributed by atoms with Crippen LogP contribution in [0.1, 0.15) is 40.9 Å². The first-order chi connectivity index (χ1) is 14.9. The van der Waals surface area contributed by atoms with Crippen LogP contribution in [0.3, 0.4) is 0 Å². The van der Waals surface area contributed by atoms with Gasteiger partial charge in [0.1, 0.15) is 5.75 Å². The van der Waals surface area contributed by atoms with E-state index in [9.17, 15) is 9.59 Å². The van der Waals surface area contributed by atoms with Gasteiger partial charge in [0, 0.05) is 22.1 Å². The average Bonchev–Trinajstić information content (AvgIpc) is 2.75. The third-order valence-corrected chi connectivity index (χ3v) is 6.67. The van der Waals surface area contributed by atoms with Gasteiger partial charge in [0.25, 0.3) is 5.91 Å². The van der Waals surface area contributed by atoms with Crippen molar-refractivity contribution in [2.24, 2.45) is 0 Å². The van der Waals surface area contributed by atoms with Crippen LogP contribution in [0.2, 0.25) is 0 Å². The number of rotatable bonds is 2. The van der Waals surface area contributed by atoms with E-state index in [1.165, 1.54) is 4.90 Å². The summed E-state index contributed by atoms with van der Waals surface area (Å²) in [5.41, 5.74) is 2.17. The van der Waals surface area contributed by atoms with Crippen LogP contribution >= 0.6 is 15.9 Å². The van der Waals surface area contributed by atoms with E-state index >= 15 is 0 Å². The predicted octanol–water partition coefficient (Wildman–Crippen LogP) is 6.08. The topological polar surface area (TPSA) is 49.9 Å². The minimum atomic E-state index is -0.907. The van der Waals surface area contributed by atoms with Crippen molar-refractivity contribution in [1.29, 1.82) is 0 Å². The molecule has 2 bridgehead atoms. The highest BCUT2D eigenvalue weighted by Crippen LogP contribution is 2.49. The molecule has 31 heavy (non-hydrogen) atoms. The molecule has 2 aliphatic heterocycles. The Hall–Kier alpha value is -3.12. The van der Waals surface area contributed by atoms with Crippen LogP contribution in [-0.4, -0.2) is 22.6 Å². The van der Waals surface area contributed by atoms with Gasteiger partial charge in [-0.15, -0.1) is 0 Å². The monoisotopic (exact) mass is 476 g/mol. The van der Waals surface area contributed by atoms with Crippen LogP contribution < -0.4 is 9.64 Å². The number of hydrogen-bond acceptors (Lipinski definition) is 3. The van der Waals surface area contributed by atoms with Gasteiger partial charge in [0.2, 0.25) is 0 Å². The van der Waals surface area contributed by atoms with Gasteiger partial charge in [-0.1, -0.05) is 48.0 Å². The van der Waals surface area contributed by atoms with E-state index in [-0.39, 0.29) is 5.91 Å². The Morgan fingerprint density at radius 2 is 1.71 bits per heavy atom. The zero-order chi connectivity index (χ0) is 21.8. The molecule has 5 rings (SSSR count). The van der Waals surface area contributed by atoms with Gasteiger partial charge >= 0.3 is 6.03 Å². The lowest BCUT2D eigenvalue weighted by atomic mass is 9.88. The number of fused-ring (bicyclic) bond motifs is 4. The number of carbonyl (C=O) groups is 2. The summed E-state index contributed by atoms with van der Waals surface area (Å²) < 4.78 is 7.03. The molecule has 0 radical (unpaired) electrons. The lowest BCUT2D eigenvalue weighted by molar-refractivity contribution is 0.00265. The van der Waals surface area contributed by atoms with Gasteiger partial charge in [0.15, 0.2) is 5.72 Å². The van der Waals surface area contributed by atoms with Crippen LogP contribution in [0, 0.1) is 6.92 Å². The van der Waals surface area contributed by atoms with E-state index in [4.69, 9.17) is 4.74 Å². The number of para-hydroxylation sites is 1. The zero-order valence-corrected chi connectivity index (χ0v) is 18.8. The molecule has 2 heterocycles. The number of carbonyl (C=O) groups excluding carboxylic acids is 2. The zero-order valence-electron chi connectivity index (χ0n) is 17.2. The summed E-state index contributed by atoms with van der Waals surface area (Å²) in [6, 6.07) is 21.7. The maximum atomic E-state index is 13.9. The maximum Gasteiger partial charge on any atom is 0.335 e. The molecule has 1 saturated heterocycles. The molecule has 0 unspecified atom stereocenters. The van der Waals surface area contributed by atoms with E-state index in [1.54, 1.807) is 23.1 Å². The van der Waals surface area contributed by atoms with E-state index < -0.39 is 17.8 Å². The Morgan fingerprint density at radius 3 is 2.45 bits per heavy atom. The number of ether oxygens (including phenoxy) is 1. The highest BCUT2D eigenvalue weighted by atomic mass is 79.9. The minimum absolute atomic E-state index is 0.335. The number of imide groups is 1. The fraction of sp³-hybridized carbons (Fsp3) is 0.200. The highest BCUT2D eigenvalue weighted by molar-refractivity contribution is 9.10. The van der Waals surface area contributed by atoms with Crippen molar-refractivity contribution < 1.29 is 14.3 Å². The Balaban J connectivity index is 1.68. The van der Waals surface area contributed by atoms with Crippen LogP contribution in [0.25, 0.3) is 0 Å². The number of urea groups is 1. The largest absolute Gasteiger partial charge is 0.467 e. The molecule has 3 aromatic rings. The lowest BCUT2D eigenvalue weighted by Crippen LogP contribution is -2.67. The first-order valence-corrected chi connectivity index (χ1v) is 11.0. The molecule has 3 amide bonds. The van der Waals surface area contributed by atoms with Crippen molar-refractivity contribution >= 4 is 33.6 Å². The van der Waals surface area contributed by atoms with E-state index in [1.807, 2.05) is 68.4 Å². The van der Waals surface area contributed by atoms with Crippen molar-refractivity contribution in [2.45, 2.75) is 32.0 Å².